The summed E-state index contributed by atoms with van der Waals surface area (Å²) in [5.41, 5.74) is 8.50. The first-order valence-corrected chi connectivity index (χ1v) is 5.88. The van der Waals surface area contributed by atoms with Crippen LogP contribution in [0.15, 0.2) is 42.5 Å². The fourth-order valence-electron chi connectivity index (χ4n) is 1.60. The Hall–Kier alpha value is -2.00. The van der Waals surface area contributed by atoms with Crippen molar-refractivity contribution in [2.45, 2.75) is 6.92 Å². The Labute approximate surface area is 111 Å². The standard InChI is InChI=1S/C14H13ClN2O/c1-9-8-10(6-7-13(9)16)17-14(18)11-4-2-3-5-12(11)15/h2-8H,16H2,1H3,(H,17,18). The highest BCUT2D eigenvalue weighted by atomic mass is 35.5. The summed E-state index contributed by atoms with van der Waals surface area (Å²) in [6, 6.07) is 12.3. The van der Waals surface area contributed by atoms with Crippen molar-refractivity contribution in [1.82, 2.24) is 0 Å². The quantitative estimate of drug-likeness (QED) is 0.812. The zero-order valence-electron chi connectivity index (χ0n) is 9.91. The van der Waals surface area contributed by atoms with E-state index in [1.54, 1.807) is 36.4 Å². The third-order valence-electron chi connectivity index (χ3n) is 2.65. The van der Waals surface area contributed by atoms with Gasteiger partial charge < -0.3 is 11.1 Å². The number of anilines is 2. The Morgan fingerprint density at radius 3 is 2.61 bits per heavy atom. The lowest BCUT2D eigenvalue weighted by Gasteiger charge is -2.08. The third-order valence-corrected chi connectivity index (χ3v) is 2.98. The lowest BCUT2D eigenvalue weighted by atomic mass is 10.1. The maximum atomic E-state index is 12.0. The van der Waals surface area contributed by atoms with Crippen LogP contribution in [0.25, 0.3) is 0 Å². The van der Waals surface area contributed by atoms with Gasteiger partial charge in [0.15, 0.2) is 0 Å². The molecule has 0 aliphatic heterocycles. The highest BCUT2D eigenvalue weighted by Crippen LogP contribution is 2.19. The molecule has 0 radical (unpaired) electrons. The van der Waals surface area contributed by atoms with Gasteiger partial charge >= 0.3 is 0 Å². The molecule has 0 aromatic heterocycles. The zero-order chi connectivity index (χ0) is 13.1. The first-order chi connectivity index (χ1) is 8.58. The number of nitrogens with two attached hydrogens (primary N) is 1. The molecule has 3 N–H and O–H groups in total. The van der Waals surface area contributed by atoms with Crippen molar-refractivity contribution in [3.05, 3.63) is 58.6 Å². The number of amides is 1. The Morgan fingerprint density at radius 2 is 1.94 bits per heavy atom. The molecule has 0 bridgehead atoms. The van der Waals surface area contributed by atoms with Gasteiger partial charge in [0.2, 0.25) is 0 Å². The monoisotopic (exact) mass is 260 g/mol. The summed E-state index contributed by atoms with van der Waals surface area (Å²) in [6.07, 6.45) is 0. The van der Waals surface area contributed by atoms with Crippen LogP contribution in [0.2, 0.25) is 5.02 Å². The van der Waals surface area contributed by atoms with Crippen LogP contribution in [0.5, 0.6) is 0 Å². The van der Waals surface area contributed by atoms with E-state index in [0.29, 0.717) is 22.0 Å². The maximum Gasteiger partial charge on any atom is 0.257 e. The first-order valence-electron chi connectivity index (χ1n) is 5.50. The van der Waals surface area contributed by atoms with E-state index in [-0.39, 0.29) is 5.91 Å². The minimum Gasteiger partial charge on any atom is -0.399 e. The molecule has 0 unspecified atom stereocenters. The van der Waals surface area contributed by atoms with Crippen LogP contribution < -0.4 is 11.1 Å². The molecule has 0 fully saturated rings. The molecule has 92 valence electrons. The summed E-state index contributed by atoms with van der Waals surface area (Å²) in [7, 11) is 0. The van der Waals surface area contributed by atoms with Crippen LogP contribution in [-0.2, 0) is 0 Å². The zero-order valence-corrected chi connectivity index (χ0v) is 10.7. The second kappa shape index (κ2) is 5.10. The van der Waals surface area contributed by atoms with Crippen LogP contribution in [0.3, 0.4) is 0 Å². The van der Waals surface area contributed by atoms with Crippen molar-refractivity contribution in [2.24, 2.45) is 0 Å². The molecule has 0 aliphatic carbocycles. The largest absolute Gasteiger partial charge is 0.399 e. The maximum absolute atomic E-state index is 12.0. The van der Waals surface area contributed by atoms with Crippen molar-refractivity contribution >= 4 is 28.9 Å². The SMILES string of the molecule is Cc1cc(NC(=O)c2ccccc2Cl)ccc1N. The van der Waals surface area contributed by atoms with Gasteiger partial charge in [0.25, 0.3) is 5.91 Å². The minimum absolute atomic E-state index is 0.232. The summed E-state index contributed by atoms with van der Waals surface area (Å²) in [6.45, 7) is 1.89. The fraction of sp³-hybridized carbons (Fsp3) is 0.0714. The van der Waals surface area contributed by atoms with E-state index in [2.05, 4.69) is 5.32 Å². The van der Waals surface area contributed by atoms with E-state index < -0.39 is 0 Å². The number of rotatable bonds is 2. The number of halogens is 1. The van der Waals surface area contributed by atoms with Crippen LogP contribution in [0.4, 0.5) is 11.4 Å². The van der Waals surface area contributed by atoms with E-state index in [0.717, 1.165) is 5.56 Å². The number of benzene rings is 2. The molecule has 2 rings (SSSR count). The van der Waals surface area contributed by atoms with E-state index in [9.17, 15) is 4.79 Å². The van der Waals surface area contributed by atoms with Crippen molar-refractivity contribution in [3.63, 3.8) is 0 Å². The average Bonchev–Trinajstić information content (AvgIpc) is 2.34. The van der Waals surface area contributed by atoms with Gasteiger partial charge in [-0.2, -0.15) is 0 Å². The highest BCUT2D eigenvalue weighted by molar-refractivity contribution is 6.34. The summed E-state index contributed by atoms with van der Waals surface area (Å²) in [5, 5.41) is 3.22. The van der Waals surface area contributed by atoms with Crippen LogP contribution >= 0.6 is 11.6 Å². The second-order valence-corrected chi connectivity index (χ2v) is 4.41. The van der Waals surface area contributed by atoms with Crippen molar-refractivity contribution in [1.29, 1.82) is 0 Å². The molecule has 18 heavy (non-hydrogen) atoms. The van der Waals surface area contributed by atoms with Gasteiger partial charge in [0.05, 0.1) is 10.6 Å². The molecule has 0 spiro atoms. The van der Waals surface area contributed by atoms with Gasteiger partial charge in [-0.1, -0.05) is 23.7 Å². The van der Waals surface area contributed by atoms with Crippen LogP contribution in [0.1, 0.15) is 15.9 Å². The molecular formula is C14H13ClN2O. The van der Waals surface area contributed by atoms with Gasteiger partial charge in [-0.25, -0.2) is 0 Å². The summed E-state index contributed by atoms with van der Waals surface area (Å²) in [5.74, 6) is -0.232. The van der Waals surface area contributed by atoms with Crippen LogP contribution in [-0.4, -0.2) is 5.91 Å². The number of carbonyl (C=O) groups excluding carboxylic acids is 1. The number of hydrogen-bond donors (Lipinski definition) is 2. The van der Waals surface area contributed by atoms with Crippen molar-refractivity contribution in [3.8, 4) is 0 Å². The Morgan fingerprint density at radius 1 is 1.22 bits per heavy atom. The smallest absolute Gasteiger partial charge is 0.257 e. The molecule has 2 aromatic carbocycles. The molecular weight excluding hydrogens is 248 g/mol. The summed E-state index contributed by atoms with van der Waals surface area (Å²) < 4.78 is 0. The molecule has 3 nitrogen and oxygen atoms in total. The summed E-state index contributed by atoms with van der Waals surface area (Å²) in [4.78, 5) is 12.0. The predicted octanol–water partition coefficient (Wildman–Crippen LogP) is 3.48. The molecule has 4 heteroatoms. The van der Waals surface area contributed by atoms with Gasteiger partial charge in [-0.3, -0.25) is 4.79 Å². The van der Waals surface area contributed by atoms with Crippen molar-refractivity contribution in [2.75, 3.05) is 11.1 Å². The summed E-state index contributed by atoms with van der Waals surface area (Å²) >= 11 is 5.96. The van der Waals surface area contributed by atoms with Gasteiger partial charge in [0, 0.05) is 11.4 Å². The van der Waals surface area contributed by atoms with Crippen molar-refractivity contribution < 1.29 is 4.79 Å². The van der Waals surface area contributed by atoms with Gasteiger partial charge in [-0.05, 0) is 42.8 Å². The fourth-order valence-corrected chi connectivity index (χ4v) is 1.82. The van der Waals surface area contributed by atoms with E-state index in [1.807, 2.05) is 13.0 Å². The Kier molecular flexibility index (Phi) is 3.53. The highest BCUT2D eigenvalue weighted by Gasteiger charge is 2.09. The van der Waals surface area contributed by atoms with Gasteiger partial charge in [-0.15, -0.1) is 0 Å². The second-order valence-electron chi connectivity index (χ2n) is 4.01. The van der Waals surface area contributed by atoms with Crippen LogP contribution in [0, 0.1) is 6.92 Å². The predicted molar refractivity (Wildman–Crippen MR) is 75.0 cm³/mol. The molecule has 1 amide bonds. The molecule has 0 atom stereocenters. The topological polar surface area (TPSA) is 55.1 Å². The lowest BCUT2D eigenvalue weighted by Crippen LogP contribution is -2.12. The normalized spacial score (nSPS) is 10.1. The van der Waals surface area contributed by atoms with E-state index in [4.69, 9.17) is 17.3 Å². The Balaban J connectivity index is 2.22. The molecule has 0 saturated heterocycles. The first kappa shape index (κ1) is 12.5. The number of carbonyl (C=O) groups is 1. The molecule has 2 aromatic rings. The Bertz CT molecular complexity index is 596. The number of hydrogen-bond acceptors (Lipinski definition) is 2. The molecule has 0 aliphatic rings. The number of aryl methyl sites for hydroxylation is 1. The molecule has 0 saturated carbocycles. The number of nitrogens with one attached hydrogen (secondary N) is 1. The number of nitrogen functional groups attached to an aromatic ring is 1. The van der Waals surface area contributed by atoms with E-state index in [1.165, 1.54) is 0 Å². The third kappa shape index (κ3) is 2.63. The van der Waals surface area contributed by atoms with E-state index >= 15 is 0 Å². The lowest BCUT2D eigenvalue weighted by molar-refractivity contribution is 0.102. The van der Waals surface area contributed by atoms with Gasteiger partial charge in [0.1, 0.15) is 0 Å². The molecule has 0 heterocycles. The average molecular weight is 261 g/mol. The minimum atomic E-state index is -0.232.